The fourth-order valence-corrected chi connectivity index (χ4v) is 5.33. The second kappa shape index (κ2) is 8.24. The summed E-state index contributed by atoms with van der Waals surface area (Å²) in [5, 5.41) is 0.888. The number of amides is 1. The molecule has 1 aromatic heterocycles. The number of fused-ring (bicyclic) bond motifs is 1. The summed E-state index contributed by atoms with van der Waals surface area (Å²) in [6, 6.07) is 14.9. The number of para-hydroxylation sites is 1. The van der Waals surface area contributed by atoms with Gasteiger partial charge in [0.15, 0.2) is 0 Å². The molecule has 1 aliphatic heterocycles. The first kappa shape index (κ1) is 20.6. The molecule has 1 saturated heterocycles. The van der Waals surface area contributed by atoms with Crippen LogP contribution in [0.25, 0.3) is 10.9 Å². The molecule has 30 heavy (non-hydrogen) atoms. The summed E-state index contributed by atoms with van der Waals surface area (Å²) in [6.07, 6.45) is 2.74. The van der Waals surface area contributed by atoms with Gasteiger partial charge in [-0.15, -0.1) is 0 Å². The second-order valence-electron chi connectivity index (χ2n) is 7.82. The number of hydrogen-bond acceptors (Lipinski definition) is 3. The number of carbonyl (C=O) groups excluding carboxylic acids is 1. The van der Waals surface area contributed by atoms with Crippen LogP contribution in [0.4, 0.5) is 0 Å². The summed E-state index contributed by atoms with van der Waals surface area (Å²) in [7, 11) is -3.56. The number of rotatable bonds is 5. The molecule has 1 atom stereocenters. The third-order valence-electron chi connectivity index (χ3n) is 6.04. The Morgan fingerprint density at radius 2 is 1.70 bits per heavy atom. The maximum atomic E-state index is 13.0. The van der Waals surface area contributed by atoms with Gasteiger partial charge in [0.1, 0.15) is 0 Å². The van der Waals surface area contributed by atoms with Gasteiger partial charge in [-0.25, -0.2) is 8.42 Å². The van der Waals surface area contributed by atoms with Gasteiger partial charge in [-0.1, -0.05) is 44.2 Å². The summed E-state index contributed by atoms with van der Waals surface area (Å²) < 4.78 is 27.5. The smallest absolute Gasteiger partial charge is 0.256 e. The van der Waals surface area contributed by atoms with Gasteiger partial charge in [0.25, 0.3) is 5.91 Å². The number of nitrogens with one attached hydrogen (secondary N) is 1. The Morgan fingerprint density at radius 1 is 1.03 bits per heavy atom. The van der Waals surface area contributed by atoms with Gasteiger partial charge < -0.3 is 9.88 Å². The largest absolute Gasteiger partial charge is 0.360 e. The number of aromatic nitrogens is 1. The molecule has 158 valence electrons. The van der Waals surface area contributed by atoms with E-state index < -0.39 is 10.0 Å². The van der Waals surface area contributed by atoms with Crippen LogP contribution in [0.5, 0.6) is 0 Å². The Balaban J connectivity index is 1.45. The molecule has 1 amide bonds. The van der Waals surface area contributed by atoms with Crippen LogP contribution < -0.4 is 0 Å². The zero-order valence-corrected chi connectivity index (χ0v) is 18.2. The molecule has 4 rings (SSSR count). The van der Waals surface area contributed by atoms with Gasteiger partial charge in [-0.3, -0.25) is 4.79 Å². The topological polar surface area (TPSA) is 73.5 Å². The average molecular weight is 426 g/mol. The van der Waals surface area contributed by atoms with E-state index in [0.29, 0.717) is 42.6 Å². The molecule has 0 unspecified atom stereocenters. The standard InChI is InChI=1S/C23H27N3O3S/c1-3-17(2)18-8-10-19(11-9-18)30(28,29)26-14-12-25(13-15-26)23(27)21-16-24-22-7-5-4-6-20(21)22/h4-11,16-17,24H,3,12-15H2,1-2H3/t17-/m1/s1. The normalized spacial score (nSPS) is 16.7. The molecule has 0 radical (unpaired) electrons. The first-order valence-electron chi connectivity index (χ1n) is 10.4. The molecule has 1 N–H and O–H groups in total. The van der Waals surface area contributed by atoms with E-state index in [1.54, 1.807) is 23.2 Å². The van der Waals surface area contributed by atoms with Crippen molar-refractivity contribution in [1.29, 1.82) is 0 Å². The summed E-state index contributed by atoms with van der Waals surface area (Å²) in [4.78, 5) is 18.1. The zero-order valence-electron chi connectivity index (χ0n) is 17.3. The van der Waals surface area contributed by atoms with E-state index in [1.165, 1.54) is 4.31 Å². The predicted octanol–water partition coefficient (Wildman–Crippen LogP) is 3.83. The van der Waals surface area contributed by atoms with Crippen molar-refractivity contribution in [3.63, 3.8) is 0 Å². The third-order valence-corrected chi connectivity index (χ3v) is 7.96. The maximum absolute atomic E-state index is 13.0. The molecule has 1 aliphatic rings. The molecule has 2 aromatic carbocycles. The summed E-state index contributed by atoms with van der Waals surface area (Å²) in [6.45, 7) is 5.60. The first-order chi connectivity index (χ1) is 14.4. The second-order valence-corrected chi connectivity index (χ2v) is 9.76. The van der Waals surface area contributed by atoms with Crippen molar-refractivity contribution < 1.29 is 13.2 Å². The lowest BCUT2D eigenvalue weighted by molar-refractivity contribution is 0.0700. The van der Waals surface area contributed by atoms with Crippen molar-refractivity contribution in [1.82, 2.24) is 14.2 Å². The number of hydrogen-bond donors (Lipinski definition) is 1. The van der Waals surface area contributed by atoms with Gasteiger partial charge in [-0.2, -0.15) is 4.31 Å². The number of piperazine rings is 1. The molecule has 3 aromatic rings. The van der Waals surface area contributed by atoms with Crippen LogP contribution in [-0.2, 0) is 10.0 Å². The Kier molecular flexibility index (Phi) is 5.66. The highest BCUT2D eigenvalue weighted by molar-refractivity contribution is 7.89. The van der Waals surface area contributed by atoms with E-state index in [1.807, 2.05) is 36.4 Å². The lowest BCUT2D eigenvalue weighted by atomic mass is 9.99. The molecule has 0 saturated carbocycles. The molecule has 2 heterocycles. The van der Waals surface area contributed by atoms with Gasteiger partial charge in [-0.05, 0) is 36.1 Å². The van der Waals surface area contributed by atoms with E-state index in [0.717, 1.165) is 22.9 Å². The van der Waals surface area contributed by atoms with E-state index in [-0.39, 0.29) is 5.91 Å². The molecule has 0 bridgehead atoms. The first-order valence-corrected chi connectivity index (χ1v) is 11.8. The van der Waals surface area contributed by atoms with Crippen LogP contribution in [0.15, 0.2) is 59.6 Å². The summed E-state index contributed by atoms with van der Waals surface area (Å²) in [5.74, 6) is 0.336. The van der Waals surface area contributed by atoms with E-state index >= 15 is 0 Å². The third kappa shape index (κ3) is 3.75. The van der Waals surface area contributed by atoms with Crippen molar-refractivity contribution >= 4 is 26.8 Å². The lowest BCUT2D eigenvalue weighted by Crippen LogP contribution is -2.50. The highest BCUT2D eigenvalue weighted by atomic mass is 32.2. The minimum Gasteiger partial charge on any atom is -0.360 e. The Bertz CT molecular complexity index is 1140. The highest BCUT2D eigenvalue weighted by Gasteiger charge is 2.31. The minimum atomic E-state index is -3.56. The van der Waals surface area contributed by atoms with Crippen molar-refractivity contribution in [2.24, 2.45) is 0 Å². The fourth-order valence-electron chi connectivity index (χ4n) is 3.90. The maximum Gasteiger partial charge on any atom is 0.256 e. The van der Waals surface area contributed by atoms with Crippen LogP contribution >= 0.6 is 0 Å². The minimum absolute atomic E-state index is 0.0672. The summed E-state index contributed by atoms with van der Waals surface area (Å²) >= 11 is 0. The van der Waals surface area contributed by atoms with Crippen LogP contribution in [0, 0.1) is 0 Å². The monoisotopic (exact) mass is 425 g/mol. The lowest BCUT2D eigenvalue weighted by Gasteiger charge is -2.34. The molecular formula is C23H27N3O3S. The van der Waals surface area contributed by atoms with Crippen molar-refractivity contribution in [2.45, 2.75) is 31.1 Å². The zero-order chi connectivity index (χ0) is 21.3. The van der Waals surface area contributed by atoms with Gasteiger partial charge >= 0.3 is 0 Å². The molecule has 0 aliphatic carbocycles. The average Bonchev–Trinajstić information content (AvgIpc) is 3.22. The Morgan fingerprint density at radius 3 is 2.37 bits per heavy atom. The molecule has 0 spiro atoms. The van der Waals surface area contributed by atoms with E-state index in [2.05, 4.69) is 18.8 Å². The van der Waals surface area contributed by atoms with E-state index in [9.17, 15) is 13.2 Å². The van der Waals surface area contributed by atoms with Crippen molar-refractivity contribution in [3.8, 4) is 0 Å². The Hall–Kier alpha value is -2.64. The number of aromatic amines is 1. The van der Waals surface area contributed by atoms with Crippen LogP contribution in [-0.4, -0.2) is 54.7 Å². The number of sulfonamides is 1. The van der Waals surface area contributed by atoms with Crippen LogP contribution in [0.2, 0.25) is 0 Å². The van der Waals surface area contributed by atoms with E-state index in [4.69, 9.17) is 0 Å². The van der Waals surface area contributed by atoms with Crippen LogP contribution in [0.1, 0.15) is 42.1 Å². The fraction of sp³-hybridized carbons (Fsp3) is 0.348. The summed E-state index contributed by atoms with van der Waals surface area (Å²) in [5.41, 5.74) is 2.69. The number of carbonyl (C=O) groups is 1. The number of benzene rings is 2. The molecule has 1 fully saturated rings. The van der Waals surface area contributed by atoms with Crippen LogP contribution in [0.3, 0.4) is 0 Å². The van der Waals surface area contributed by atoms with Crippen molar-refractivity contribution in [3.05, 3.63) is 65.9 Å². The molecular weight excluding hydrogens is 398 g/mol. The number of H-pyrrole nitrogens is 1. The van der Waals surface area contributed by atoms with Gasteiger partial charge in [0, 0.05) is 43.3 Å². The molecule has 7 heteroatoms. The predicted molar refractivity (Wildman–Crippen MR) is 118 cm³/mol. The molecule has 6 nitrogen and oxygen atoms in total. The van der Waals surface area contributed by atoms with Gasteiger partial charge in [0.05, 0.1) is 10.5 Å². The Labute approximate surface area is 177 Å². The SMILES string of the molecule is CC[C@@H](C)c1ccc(S(=O)(=O)N2CCN(C(=O)c3c[nH]c4ccccc34)CC2)cc1. The highest BCUT2D eigenvalue weighted by Crippen LogP contribution is 2.24. The number of nitrogens with zero attached hydrogens (tertiary/aromatic N) is 2. The van der Waals surface area contributed by atoms with Gasteiger partial charge in [0.2, 0.25) is 10.0 Å². The quantitative estimate of drug-likeness (QED) is 0.675. The van der Waals surface area contributed by atoms with Crippen molar-refractivity contribution in [2.75, 3.05) is 26.2 Å².